The normalized spacial score (nSPS) is 19.0. The molecule has 1 aromatic rings. The van der Waals surface area contributed by atoms with E-state index in [1.807, 2.05) is 6.92 Å². The molecule has 0 spiro atoms. The van der Waals surface area contributed by atoms with Crippen LogP contribution in [0.15, 0.2) is 23.1 Å². The van der Waals surface area contributed by atoms with Crippen LogP contribution < -0.4 is 10.0 Å². The van der Waals surface area contributed by atoms with E-state index in [1.54, 1.807) is 23.1 Å². The van der Waals surface area contributed by atoms with Gasteiger partial charge >= 0.3 is 0 Å². The van der Waals surface area contributed by atoms with Gasteiger partial charge in [0, 0.05) is 19.1 Å². The predicted octanol–water partition coefficient (Wildman–Crippen LogP) is 1.02. The molecule has 2 aliphatic heterocycles. The van der Waals surface area contributed by atoms with Crippen LogP contribution in [-0.2, 0) is 32.8 Å². The maximum absolute atomic E-state index is 12.5. The molecule has 2 heterocycles. The number of rotatable bonds is 7. The summed E-state index contributed by atoms with van der Waals surface area (Å²) in [6.45, 7) is 5.04. The van der Waals surface area contributed by atoms with Crippen LogP contribution in [0.1, 0.15) is 30.9 Å². The van der Waals surface area contributed by atoms with Gasteiger partial charge in [-0.1, -0.05) is 13.0 Å². The van der Waals surface area contributed by atoms with Gasteiger partial charge in [-0.15, -0.1) is 12.4 Å². The molecule has 0 aliphatic carbocycles. The highest BCUT2D eigenvalue weighted by Gasteiger charge is 2.27. The second-order valence-electron chi connectivity index (χ2n) is 6.48. The van der Waals surface area contributed by atoms with Crippen molar-refractivity contribution in [3.63, 3.8) is 0 Å². The lowest BCUT2D eigenvalue weighted by molar-refractivity contribution is -0.131. The quantitative estimate of drug-likeness (QED) is 0.709. The number of fused-ring (bicyclic) bond motifs is 1. The lowest BCUT2D eigenvalue weighted by atomic mass is 10.1. The van der Waals surface area contributed by atoms with Gasteiger partial charge in [-0.3, -0.25) is 4.79 Å². The molecule has 1 fully saturated rings. The predicted molar refractivity (Wildman–Crippen MR) is 101 cm³/mol. The van der Waals surface area contributed by atoms with Crippen molar-refractivity contribution in [2.45, 2.75) is 43.9 Å². The highest BCUT2D eigenvalue weighted by atomic mass is 35.5. The zero-order chi connectivity index (χ0) is 17.9. The smallest absolute Gasteiger partial charge is 0.241 e. The molecule has 1 saturated heterocycles. The van der Waals surface area contributed by atoms with E-state index < -0.39 is 10.0 Å². The number of hydrogen-bond donors (Lipinski definition) is 2. The van der Waals surface area contributed by atoms with Crippen LogP contribution in [-0.4, -0.2) is 51.4 Å². The molecular formula is C17H26ClN3O4S. The van der Waals surface area contributed by atoms with Gasteiger partial charge in [0.2, 0.25) is 15.9 Å². The van der Waals surface area contributed by atoms with Crippen LogP contribution in [0.5, 0.6) is 0 Å². The Kier molecular flexibility index (Phi) is 7.42. The van der Waals surface area contributed by atoms with Gasteiger partial charge in [0.1, 0.15) is 0 Å². The molecule has 0 saturated carbocycles. The summed E-state index contributed by atoms with van der Waals surface area (Å²) in [6.07, 6.45) is 1.75. The lowest BCUT2D eigenvalue weighted by Gasteiger charge is -2.28. The summed E-state index contributed by atoms with van der Waals surface area (Å²) in [5.74, 6) is -0.177. The summed E-state index contributed by atoms with van der Waals surface area (Å²) in [5, 5.41) is 3.24. The third kappa shape index (κ3) is 4.75. The van der Waals surface area contributed by atoms with Crippen LogP contribution in [0.25, 0.3) is 0 Å². The number of halogens is 1. The van der Waals surface area contributed by atoms with E-state index in [0.29, 0.717) is 19.8 Å². The summed E-state index contributed by atoms with van der Waals surface area (Å²) in [7, 11) is -3.72. The fourth-order valence-electron chi connectivity index (χ4n) is 3.31. The van der Waals surface area contributed by atoms with Crippen molar-refractivity contribution in [1.29, 1.82) is 0 Å². The zero-order valence-corrected chi connectivity index (χ0v) is 16.5. The molecule has 0 bridgehead atoms. The van der Waals surface area contributed by atoms with E-state index in [0.717, 1.165) is 37.1 Å². The summed E-state index contributed by atoms with van der Waals surface area (Å²) >= 11 is 0. The van der Waals surface area contributed by atoms with Crippen LogP contribution in [0, 0.1) is 0 Å². The minimum absolute atomic E-state index is 0. The molecule has 7 nitrogen and oxygen atoms in total. The largest absolute Gasteiger partial charge is 0.372 e. The van der Waals surface area contributed by atoms with Crippen LogP contribution in [0.4, 0.5) is 0 Å². The fraction of sp³-hybridized carbons (Fsp3) is 0.588. The number of carbonyl (C=O) groups excluding carboxylic acids is 1. The number of nitrogens with one attached hydrogen (secondary N) is 2. The van der Waals surface area contributed by atoms with Crippen molar-refractivity contribution in [2.75, 3.05) is 26.2 Å². The number of hydrogen-bond acceptors (Lipinski definition) is 5. The van der Waals surface area contributed by atoms with Crippen molar-refractivity contribution in [3.8, 4) is 0 Å². The van der Waals surface area contributed by atoms with E-state index in [1.165, 1.54) is 0 Å². The summed E-state index contributed by atoms with van der Waals surface area (Å²) in [5.41, 5.74) is 1.90. The monoisotopic (exact) mass is 403 g/mol. The van der Waals surface area contributed by atoms with Crippen molar-refractivity contribution >= 4 is 28.3 Å². The standard InChI is InChI=1S/C17H25N3O4S.ClH/c1-2-7-20(15-5-6-18-9-15)17(21)10-19-25(22,23)16-4-3-13-11-24-12-14(13)8-16;/h3-4,8,15,18-19H,2,5-7,9-12H2,1H3;1H. The first-order chi connectivity index (χ1) is 12.0. The zero-order valence-electron chi connectivity index (χ0n) is 14.9. The Bertz CT molecular complexity index is 736. The van der Waals surface area contributed by atoms with Crippen molar-refractivity contribution in [1.82, 2.24) is 14.9 Å². The number of sulfonamides is 1. The van der Waals surface area contributed by atoms with Gasteiger partial charge in [-0.25, -0.2) is 13.1 Å². The minimum Gasteiger partial charge on any atom is -0.372 e. The molecule has 0 aromatic heterocycles. The molecular weight excluding hydrogens is 378 g/mol. The van der Waals surface area contributed by atoms with Crippen molar-refractivity contribution in [2.24, 2.45) is 0 Å². The fourth-order valence-corrected chi connectivity index (χ4v) is 4.34. The average Bonchev–Trinajstić information content (AvgIpc) is 3.28. The number of carbonyl (C=O) groups is 1. The number of nitrogens with zero attached hydrogens (tertiary/aromatic N) is 1. The molecule has 1 amide bonds. The highest BCUT2D eigenvalue weighted by molar-refractivity contribution is 7.89. The van der Waals surface area contributed by atoms with Gasteiger partial charge in [0.25, 0.3) is 0 Å². The van der Waals surface area contributed by atoms with E-state index in [-0.39, 0.29) is 35.8 Å². The molecule has 2 N–H and O–H groups in total. The number of ether oxygens (including phenoxy) is 1. The Hall–Kier alpha value is -1.19. The Balaban J connectivity index is 0.00000243. The summed E-state index contributed by atoms with van der Waals surface area (Å²) in [6, 6.07) is 5.10. The molecule has 26 heavy (non-hydrogen) atoms. The van der Waals surface area contributed by atoms with E-state index in [2.05, 4.69) is 10.0 Å². The second kappa shape index (κ2) is 9.14. The number of amides is 1. The topological polar surface area (TPSA) is 87.7 Å². The molecule has 1 unspecified atom stereocenters. The van der Waals surface area contributed by atoms with Crippen molar-refractivity contribution < 1.29 is 17.9 Å². The minimum atomic E-state index is -3.72. The second-order valence-corrected chi connectivity index (χ2v) is 8.25. The molecule has 3 rings (SSSR count). The van der Waals surface area contributed by atoms with Gasteiger partial charge in [-0.2, -0.15) is 0 Å². The first-order valence-electron chi connectivity index (χ1n) is 8.70. The van der Waals surface area contributed by atoms with Gasteiger partial charge in [0.05, 0.1) is 24.7 Å². The van der Waals surface area contributed by atoms with Crippen LogP contribution in [0.3, 0.4) is 0 Å². The number of benzene rings is 1. The average molecular weight is 404 g/mol. The first kappa shape index (κ1) is 21.1. The third-order valence-electron chi connectivity index (χ3n) is 4.68. The summed E-state index contributed by atoms with van der Waals surface area (Å²) < 4.78 is 32.8. The molecule has 1 atom stereocenters. The van der Waals surface area contributed by atoms with Crippen LogP contribution >= 0.6 is 12.4 Å². The third-order valence-corrected chi connectivity index (χ3v) is 6.08. The molecule has 1 aromatic carbocycles. The van der Waals surface area contributed by atoms with Gasteiger partial charge < -0.3 is 15.0 Å². The SMILES string of the molecule is CCCN(C(=O)CNS(=O)(=O)c1ccc2c(c1)COC2)C1CCNC1.Cl. The van der Waals surface area contributed by atoms with Crippen molar-refractivity contribution in [3.05, 3.63) is 29.3 Å². The van der Waals surface area contributed by atoms with E-state index in [4.69, 9.17) is 4.74 Å². The first-order valence-corrected chi connectivity index (χ1v) is 10.2. The Morgan fingerprint density at radius 1 is 1.35 bits per heavy atom. The lowest BCUT2D eigenvalue weighted by Crippen LogP contribution is -2.46. The highest BCUT2D eigenvalue weighted by Crippen LogP contribution is 2.23. The van der Waals surface area contributed by atoms with E-state index >= 15 is 0 Å². The Labute approximate surface area is 160 Å². The molecule has 146 valence electrons. The Morgan fingerprint density at radius 2 is 2.12 bits per heavy atom. The maximum atomic E-state index is 12.5. The molecule has 2 aliphatic rings. The molecule has 0 radical (unpaired) electrons. The summed E-state index contributed by atoms with van der Waals surface area (Å²) in [4.78, 5) is 14.5. The van der Waals surface area contributed by atoms with Gasteiger partial charge in [-0.05, 0) is 42.6 Å². The van der Waals surface area contributed by atoms with Crippen LogP contribution in [0.2, 0.25) is 0 Å². The van der Waals surface area contributed by atoms with Gasteiger partial charge in [0.15, 0.2) is 0 Å². The van der Waals surface area contributed by atoms with E-state index in [9.17, 15) is 13.2 Å². The molecule has 9 heteroatoms. The Morgan fingerprint density at radius 3 is 2.81 bits per heavy atom. The maximum Gasteiger partial charge on any atom is 0.241 e.